The molecule has 0 saturated carbocycles. The molecule has 25 heavy (non-hydrogen) atoms. The predicted octanol–water partition coefficient (Wildman–Crippen LogP) is 2.41. The van der Waals surface area contributed by atoms with Gasteiger partial charge in [0.25, 0.3) is 0 Å². The third-order valence-electron chi connectivity index (χ3n) is 3.74. The summed E-state index contributed by atoms with van der Waals surface area (Å²) < 4.78 is 42.1. The first-order valence-corrected chi connectivity index (χ1v) is 9.05. The van der Waals surface area contributed by atoms with Gasteiger partial charge >= 0.3 is 0 Å². The maximum atomic E-state index is 13.3. The van der Waals surface area contributed by atoms with Gasteiger partial charge in [0.2, 0.25) is 10.0 Å². The molecule has 2 heterocycles. The Morgan fingerprint density at radius 1 is 1.20 bits per heavy atom. The molecule has 130 valence electrons. The van der Waals surface area contributed by atoms with Crippen LogP contribution in [0.1, 0.15) is 11.3 Å². The van der Waals surface area contributed by atoms with E-state index in [1.54, 1.807) is 24.0 Å². The van der Waals surface area contributed by atoms with Gasteiger partial charge in [-0.15, -0.1) is 0 Å². The number of nitrogens with zero attached hydrogens (tertiary/aromatic N) is 3. The molecule has 6 nitrogen and oxygen atoms in total. The number of hydrogen-bond donors (Lipinski definition) is 1. The molecule has 0 atom stereocenters. The number of aromatic nitrogens is 3. The van der Waals surface area contributed by atoms with Crippen molar-refractivity contribution in [2.24, 2.45) is 7.05 Å². The van der Waals surface area contributed by atoms with Gasteiger partial charge in [0, 0.05) is 13.2 Å². The van der Waals surface area contributed by atoms with Gasteiger partial charge in [0.15, 0.2) is 0 Å². The summed E-state index contributed by atoms with van der Waals surface area (Å²) in [6, 6.07) is 11.0. The highest BCUT2D eigenvalue weighted by atomic mass is 32.2. The molecule has 0 amide bonds. The Kier molecular flexibility index (Phi) is 4.65. The second-order valence-electron chi connectivity index (χ2n) is 5.60. The van der Waals surface area contributed by atoms with Crippen molar-refractivity contribution >= 4 is 10.0 Å². The molecule has 1 aromatic carbocycles. The Morgan fingerprint density at radius 2 is 2.00 bits per heavy atom. The molecule has 8 heteroatoms. The van der Waals surface area contributed by atoms with Gasteiger partial charge in [-0.1, -0.05) is 6.07 Å². The number of hydrogen-bond acceptors (Lipinski definition) is 4. The Morgan fingerprint density at radius 3 is 2.68 bits per heavy atom. The van der Waals surface area contributed by atoms with Gasteiger partial charge in [-0.2, -0.15) is 5.10 Å². The van der Waals surface area contributed by atoms with E-state index in [9.17, 15) is 12.8 Å². The second-order valence-corrected chi connectivity index (χ2v) is 7.36. The highest BCUT2D eigenvalue weighted by Gasteiger charge is 2.16. The molecule has 0 unspecified atom stereocenters. The van der Waals surface area contributed by atoms with Crippen molar-refractivity contribution in [1.82, 2.24) is 19.5 Å². The van der Waals surface area contributed by atoms with Gasteiger partial charge in [-0.25, -0.2) is 17.5 Å². The molecule has 3 rings (SSSR count). The Hall–Kier alpha value is -2.58. The Balaban J connectivity index is 1.78. The molecule has 0 aliphatic carbocycles. The molecule has 0 aliphatic rings. The molecular weight excluding hydrogens is 343 g/mol. The Bertz CT molecular complexity index is 1000. The van der Waals surface area contributed by atoms with Crippen LogP contribution in [0.3, 0.4) is 0 Å². The number of pyridine rings is 1. The van der Waals surface area contributed by atoms with Crippen molar-refractivity contribution in [2.45, 2.75) is 18.4 Å². The SMILES string of the molecule is Cc1cc(S(=O)(=O)NCc2cc(-c3ccccn3)n(C)n2)ccc1F. The van der Waals surface area contributed by atoms with Gasteiger partial charge in [0.1, 0.15) is 5.82 Å². The van der Waals surface area contributed by atoms with Crippen molar-refractivity contribution in [3.8, 4) is 11.4 Å². The largest absolute Gasteiger partial charge is 0.266 e. The van der Waals surface area contributed by atoms with Gasteiger partial charge in [-0.05, 0) is 48.9 Å². The van der Waals surface area contributed by atoms with Crippen LogP contribution in [0.5, 0.6) is 0 Å². The van der Waals surface area contributed by atoms with E-state index in [1.165, 1.54) is 19.1 Å². The van der Waals surface area contributed by atoms with E-state index in [4.69, 9.17) is 0 Å². The van der Waals surface area contributed by atoms with E-state index in [0.29, 0.717) is 5.69 Å². The number of rotatable bonds is 5. The number of aryl methyl sites for hydroxylation is 2. The molecule has 0 radical (unpaired) electrons. The molecule has 3 aromatic rings. The average Bonchev–Trinajstić information content (AvgIpc) is 2.97. The van der Waals surface area contributed by atoms with Gasteiger partial charge < -0.3 is 0 Å². The fourth-order valence-electron chi connectivity index (χ4n) is 2.40. The van der Waals surface area contributed by atoms with E-state index in [2.05, 4.69) is 14.8 Å². The van der Waals surface area contributed by atoms with Crippen LogP contribution in [0, 0.1) is 12.7 Å². The van der Waals surface area contributed by atoms with Crippen molar-refractivity contribution in [3.05, 3.63) is 65.7 Å². The first-order chi connectivity index (χ1) is 11.9. The average molecular weight is 360 g/mol. The van der Waals surface area contributed by atoms with Crippen LogP contribution in [0.15, 0.2) is 53.6 Å². The van der Waals surface area contributed by atoms with E-state index < -0.39 is 15.8 Å². The quantitative estimate of drug-likeness (QED) is 0.758. The van der Waals surface area contributed by atoms with Crippen LogP contribution in [0.2, 0.25) is 0 Å². The smallest absolute Gasteiger partial charge is 0.240 e. The summed E-state index contributed by atoms with van der Waals surface area (Å²) in [5, 5.41) is 4.31. The number of nitrogens with one attached hydrogen (secondary N) is 1. The molecule has 0 spiro atoms. The van der Waals surface area contributed by atoms with Gasteiger partial charge in [0.05, 0.1) is 28.5 Å². The second kappa shape index (κ2) is 6.73. The molecule has 0 fully saturated rings. The standard InChI is InChI=1S/C17H17FN4O2S/c1-12-9-14(6-7-15(12)18)25(23,24)20-11-13-10-17(22(2)21-13)16-5-3-4-8-19-16/h3-10,20H,11H2,1-2H3. The third-order valence-corrected chi connectivity index (χ3v) is 5.14. The zero-order valence-corrected chi connectivity index (χ0v) is 14.6. The van der Waals surface area contributed by atoms with Crippen LogP contribution >= 0.6 is 0 Å². The number of halogens is 1. The van der Waals surface area contributed by atoms with E-state index in [0.717, 1.165) is 17.5 Å². The van der Waals surface area contributed by atoms with E-state index >= 15 is 0 Å². The third kappa shape index (κ3) is 3.75. The lowest BCUT2D eigenvalue weighted by Crippen LogP contribution is -2.23. The van der Waals surface area contributed by atoms with Crippen molar-refractivity contribution < 1.29 is 12.8 Å². The van der Waals surface area contributed by atoms with Crippen LogP contribution in [0.25, 0.3) is 11.4 Å². The molecular formula is C17H17FN4O2S. The normalized spacial score (nSPS) is 11.6. The van der Waals surface area contributed by atoms with Crippen molar-refractivity contribution in [3.63, 3.8) is 0 Å². The summed E-state index contributed by atoms with van der Waals surface area (Å²) >= 11 is 0. The molecule has 0 saturated heterocycles. The minimum absolute atomic E-state index is 0.0206. The summed E-state index contributed by atoms with van der Waals surface area (Å²) in [6.07, 6.45) is 1.68. The van der Waals surface area contributed by atoms with Crippen LogP contribution in [0.4, 0.5) is 4.39 Å². The lowest BCUT2D eigenvalue weighted by Gasteiger charge is -2.06. The van der Waals surface area contributed by atoms with Crippen LogP contribution in [-0.2, 0) is 23.6 Å². The van der Waals surface area contributed by atoms with Crippen LogP contribution in [-0.4, -0.2) is 23.2 Å². The highest BCUT2D eigenvalue weighted by Crippen LogP contribution is 2.18. The fourth-order valence-corrected chi connectivity index (χ4v) is 3.49. The first kappa shape index (κ1) is 17.2. The topological polar surface area (TPSA) is 76.9 Å². The zero-order valence-electron chi connectivity index (χ0n) is 13.8. The predicted molar refractivity (Wildman–Crippen MR) is 91.6 cm³/mol. The molecule has 2 aromatic heterocycles. The van der Waals surface area contributed by atoms with Crippen LogP contribution < -0.4 is 4.72 Å². The highest BCUT2D eigenvalue weighted by molar-refractivity contribution is 7.89. The molecule has 0 aliphatic heterocycles. The van der Waals surface area contributed by atoms with Crippen molar-refractivity contribution in [1.29, 1.82) is 0 Å². The summed E-state index contributed by atoms with van der Waals surface area (Å²) in [5.41, 5.74) is 2.37. The molecule has 0 bridgehead atoms. The van der Waals surface area contributed by atoms with E-state index in [-0.39, 0.29) is 17.0 Å². The minimum atomic E-state index is -3.75. The summed E-state index contributed by atoms with van der Waals surface area (Å²) in [6.45, 7) is 1.55. The first-order valence-electron chi connectivity index (χ1n) is 7.57. The summed E-state index contributed by atoms with van der Waals surface area (Å²) in [5.74, 6) is -0.441. The minimum Gasteiger partial charge on any atom is -0.266 e. The number of benzene rings is 1. The van der Waals surface area contributed by atoms with E-state index in [1.807, 2.05) is 18.2 Å². The summed E-state index contributed by atoms with van der Waals surface area (Å²) in [4.78, 5) is 4.28. The maximum absolute atomic E-state index is 13.3. The number of sulfonamides is 1. The maximum Gasteiger partial charge on any atom is 0.240 e. The lowest BCUT2D eigenvalue weighted by molar-refractivity contribution is 0.578. The monoisotopic (exact) mass is 360 g/mol. The molecule has 1 N–H and O–H groups in total. The van der Waals surface area contributed by atoms with Gasteiger partial charge in [-0.3, -0.25) is 9.67 Å². The zero-order chi connectivity index (χ0) is 18.0. The lowest BCUT2D eigenvalue weighted by atomic mass is 10.2. The fraction of sp³-hybridized carbons (Fsp3) is 0.176. The van der Waals surface area contributed by atoms with Crippen molar-refractivity contribution in [2.75, 3.05) is 0 Å². The Labute approximate surface area is 145 Å². The summed E-state index contributed by atoms with van der Waals surface area (Å²) in [7, 11) is -1.98.